The molecule has 2 aromatic rings. The maximum absolute atomic E-state index is 11.9. The molecule has 0 aliphatic carbocycles. The number of nitrogen functional groups attached to an aromatic ring is 1. The van der Waals surface area contributed by atoms with Crippen LogP contribution in [0.25, 0.3) is 0 Å². The third-order valence-corrected chi connectivity index (χ3v) is 3.36. The molecule has 2 heterocycles. The predicted molar refractivity (Wildman–Crippen MR) is 81.3 cm³/mol. The van der Waals surface area contributed by atoms with Crippen molar-refractivity contribution < 1.29 is 0 Å². The van der Waals surface area contributed by atoms with E-state index in [1.807, 2.05) is 13.8 Å². The second kappa shape index (κ2) is 6.29. The summed E-state index contributed by atoms with van der Waals surface area (Å²) < 4.78 is 1.38. The van der Waals surface area contributed by atoms with Crippen molar-refractivity contribution in [3.8, 4) is 0 Å². The summed E-state index contributed by atoms with van der Waals surface area (Å²) in [4.78, 5) is 26.0. The SMILES string of the molecule is CCCCn1c(N)c(NCc2cn[nH]c2C)c(=O)[nH]c1=O. The van der Waals surface area contributed by atoms with Gasteiger partial charge in [0, 0.05) is 24.3 Å². The Morgan fingerprint density at radius 2 is 2.19 bits per heavy atom. The zero-order valence-electron chi connectivity index (χ0n) is 12.2. The molecule has 5 N–H and O–H groups in total. The van der Waals surface area contributed by atoms with Gasteiger partial charge >= 0.3 is 5.69 Å². The van der Waals surface area contributed by atoms with Gasteiger partial charge in [-0.05, 0) is 13.3 Å². The zero-order chi connectivity index (χ0) is 15.4. The van der Waals surface area contributed by atoms with Crippen molar-refractivity contribution in [2.24, 2.45) is 0 Å². The normalized spacial score (nSPS) is 10.8. The maximum atomic E-state index is 11.9. The largest absolute Gasteiger partial charge is 0.383 e. The fourth-order valence-corrected chi connectivity index (χ4v) is 2.03. The number of aromatic nitrogens is 4. The van der Waals surface area contributed by atoms with Gasteiger partial charge in [0.2, 0.25) is 0 Å². The van der Waals surface area contributed by atoms with Crippen LogP contribution in [0.2, 0.25) is 0 Å². The van der Waals surface area contributed by atoms with Crippen LogP contribution in [0.5, 0.6) is 0 Å². The highest BCUT2D eigenvalue weighted by Gasteiger charge is 2.12. The fourth-order valence-electron chi connectivity index (χ4n) is 2.03. The van der Waals surface area contributed by atoms with Crippen LogP contribution in [0.15, 0.2) is 15.8 Å². The quantitative estimate of drug-likeness (QED) is 0.620. The van der Waals surface area contributed by atoms with E-state index in [1.54, 1.807) is 6.20 Å². The first-order valence-electron chi connectivity index (χ1n) is 6.90. The summed E-state index contributed by atoms with van der Waals surface area (Å²) in [5, 5.41) is 9.71. The summed E-state index contributed by atoms with van der Waals surface area (Å²) in [7, 11) is 0. The van der Waals surface area contributed by atoms with Crippen LogP contribution in [-0.4, -0.2) is 19.7 Å². The highest BCUT2D eigenvalue weighted by atomic mass is 16.2. The van der Waals surface area contributed by atoms with Crippen LogP contribution in [0.3, 0.4) is 0 Å². The predicted octanol–water partition coefficient (Wildman–Crippen LogP) is 0.563. The summed E-state index contributed by atoms with van der Waals surface area (Å²) in [6.07, 6.45) is 3.43. The average molecular weight is 292 g/mol. The van der Waals surface area contributed by atoms with Crippen LogP contribution < -0.4 is 22.3 Å². The first kappa shape index (κ1) is 14.9. The summed E-state index contributed by atoms with van der Waals surface area (Å²) >= 11 is 0. The van der Waals surface area contributed by atoms with E-state index in [1.165, 1.54) is 4.57 Å². The molecule has 8 nitrogen and oxygen atoms in total. The Kier molecular flexibility index (Phi) is 4.46. The summed E-state index contributed by atoms with van der Waals surface area (Å²) in [6.45, 7) is 4.80. The molecule has 0 aliphatic heterocycles. The Bertz CT molecular complexity index is 727. The summed E-state index contributed by atoms with van der Waals surface area (Å²) in [5.74, 6) is 0.165. The lowest BCUT2D eigenvalue weighted by Gasteiger charge is -2.13. The van der Waals surface area contributed by atoms with Gasteiger partial charge in [-0.2, -0.15) is 5.10 Å². The first-order valence-corrected chi connectivity index (χ1v) is 6.90. The number of rotatable bonds is 6. The van der Waals surface area contributed by atoms with E-state index in [4.69, 9.17) is 5.73 Å². The molecule has 0 aliphatic rings. The molecule has 2 aromatic heterocycles. The van der Waals surface area contributed by atoms with Crippen molar-refractivity contribution >= 4 is 11.5 Å². The van der Waals surface area contributed by atoms with E-state index in [-0.39, 0.29) is 11.5 Å². The molecule has 0 fully saturated rings. The van der Waals surface area contributed by atoms with Gasteiger partial charge in [0.25, 0.3) is 5.56 Å². The lowest BCUT2D eigenvalue weighted by atomic mass is 10.2. The lowest BCUT2D eigenvalue weighted by Crippen LogP contribution is -2.34. The minimum Gasteiger partial charge on any atom is -0.383 e. The van der Waals surface area contributed by atoms with Crippen LogP contribution in [-0.2, 0) is 13.1 Å². The number of hydrogen-bond acceptors (Lipinski definition) is 5. The van der Waals surface area contributed by atoms with E-state index in [9.17, 15) is 9.59 Å². The molecule has 0 radical (unpaired) electrons. The van der Waals surface area contributed by atoms with Gasteiger partial charge in [-0.25, -0.2) is 4.79 Å². The molecule has 0 spiro atoms. The van der Waals surface area contributed by atoms with Gasteiger partial charge < -0.3 is 11.1 Å². The number of H-pyrrole nitrogens is 2. The molecular weight excluding hydrogens is 272 g/mol. The number of nitrogens with one attached hydrogen (secondary N) is 3. The van der Waals surface area contributed by atoms with Crippen LogP contribution >= 0.6 is 0 Å². The molecule has 0 saturated heterocycles. The number of nitrogens with two attached hydrogens (primary N) is 1. The molecule has 0 saturated carbocycles. The maximum Gasteiger partial charge on any atom is 0.330 e. The Balaban J connectivity index is 2.28. The van der Waals surface area contributed by atoms with Crippen molar-refractivity contribution in [1.82, 2.24) is 19.7 Å². The average Bonchev–Trinajstić information content (AvgIpc) is 2.84. The van der Waals surface area contributed by atoms with Crippen molar-refractivity contribution in [2.45, 2.75) is 39.8 Å². The Morgan fingerprint density at radius 1 is 1.43 bits per heavy atom. The van der Waals surface area contributed by atoms with Gasteiger partial charge in [0.05, 0.1) is 6.20 Å². The molecule has 0 aromatic carbocycles. The standard InChI is InChI=1S/C13H20N6O2/c1-3-4-5-19-11(14)10(12(20)17-13(19)21)15-6-9-7-16-18-8(9)2/h7,15H,3-6,14H2,1-2H3,(H,16,18)(H,17,20,21). The molecule has 21 heavy (non-hydrogen) atoms. The molecule has 0 amide bonds. The van der Waals surface area contributed by atoms with Gasteiger partial charge in [0.1, 0.15) is 11.5 Å². The van der Waals surface area contributed by atoms with Crippen molar-refractivity contribution in [3.05, 3.63) is 38.3 Å². The van der Waals surface area contributed by atoms with Crippen molar-refractivity contribution in [2.75, 3.05) is 11.1 Å². The van der Waals surface area contributed by atoms with E-state index >= 15 is 0 Å². The fraction of sp³-hybridized carbons (Fsp3) is 0.462. The molecule has 0 unspecified atom stereocenters. The van der Waals surface area contributed by atoms with E-state index in [0.717, 1.165) is 24.1 Å². The van der Waals surface area contributed by atoms with Gasteiger partial charge in [-0.1, -0.05) is 13.3 Å². The second-order valence-corrected chi connectivity index (χ2v) is 4.90. The molecule has 2 rings (SSSR count). The number of hydrogen-bond donors (Lipinski definition) is 4. The van der Waals surface area contributed by atoms with Crippen LogP contribution in [0, 0.1) is 6.92 Å². The highest BCUT2D eigenvalue weighted by molar-refractivity contribution is 5.60. The number of aromatic amines is 2. The molecule has 114 valence electrons. The number of anilines is 2. The minimum atomic E-state index is -0.508. The lowest BCUT2D eigenvalue weighted by molar-refractivity contribution is 0.605. The third kappa shape index (κ3) is 3.15. The zero-order valence-corrected chi connectivity index (χ0v) is 12.2. The number of unbranched alkanes of at least 4 members (excludes halogenated alkanes) is 1. The van der Waals surface area contributed by atoms with Crippen LogP contribution in [0.4, 0.5) is 11.5 Å². The van der Waals surface area contributed by atoms with Gasteiger partial charge in [-0.15, -0.1) is 0 Å². The topological polar surface area (TPSA) is 122 Å². The molecule has 0 bridgehead atoms. The minimum absolute atomic E-state index is 0.165. The Labute approximate surface area is 121 Å². The van der Waals surface area contributed by atoms with E-state index in [2.05, 4.69) is 20.5 Å². The van der Waals surface area contributed by atoms with E-state index < -0.39 is 11.2 Å². The smallest absolute Gasteiger partial charge is 0.330 e. The monoisotopic (exact) mass is 292 g/mol. The Hall–Kier alpha value is -2.51. The Morgan fingerprint density at radius 3 is 2.81 bits per heavy atom. The molecule has 8 heteroatoms. The van der Waals surface area contributed by atoms with Crippen molar-refractivity contribution in [3.63, 3.8) is 0 Å². The summed E-state index contributed by atoms with van der Waals surface area (Å²) in [5.41, 5.74) is 7.03. The van der Waals surface area contributed by atoms with Crippen LogP contribution in [0.1, 0.15) is 31.0 Å². The number of aryl methyl sites for hydroxylation is 1. The van der Waals surface area contributed by atoms with E-state index in [0.29, 0.717) is 13.1 Å². The van der Waals surface area contributed by atoms with Gasteiger partial charge in [0.15, 0.2) is 0 Å². The van der Waals surface area contributed by atoms with Gasteiger partial charge in [-0.3, -0.25) is 19.4 Å². The number of nitrogens with zero attached hydrogens (tertiary/aromatic N) is 2. The highest BCUT2D eigenvalue weighted by Crippen LogP contribution is 2.13. The third-order valence-electron chi connectivity index (χ3n) is 3.36. The van der Waals surface area contributed by atoms with Crippen molar-refractivity contribution in [1.29, 1.82) is 0 Å². The molecule has 0 atom stereocenters. The molecular formula is C13H20N6O2. The second-order valence-electron chi connectivity index (χ2n) is 4.90. The first-order chi connectivity index (χ1) is 10.0. The summed E-state index contributed by atoms with van der Waals surface area (Å²) in [6, 6.07) is 0.